The van der Waals surface area contributed by atoms with Crippen molar-refractivity contribution in [3.05, 3.63) is 53.4 Å². The standard InChI is InChI=1S/C18H19ClN4O2.ClH/c1-20-16-11-7-8-23(17(11)22-18(19)21-16)13-9-12(14(24)15(13)25)10-5-3-2-4-6-10;/h2-8,12-15,24-25H,9H2,1H3,(H,20,21,22);1H/t12-,13-,14-,15+;/m1./s1. The molecule has 1 aliphatic carbocycles. The molecule has 2 aromatic heterocycles. The van der Waals surface area contributed by atoms with Gasteiger partial charge in [-0.2, -0.15) is 4.98 Å². The summed E-state index contributed by atoms with van der Waals surface area (Å²) in [5.74, 6) is 0.515. The van der Waals surface area contributed by atoms with Crippen LogP contribution in [0.15, 0.2) is 42.6 Å². The fourth-order valence-corrected chi connectivity index (χ4v) is 3.95. The predicted molar refractivity (Wildman–Crippen MR) is 104 cm³/mol. The molecule has 2 heterocycles. The summed E-state index contributed by atoms with van der Waals surface area (Å²) in [5, 5.41) is 25.2. The first kappa shape index (κ1) is 18.9. The van der Waals surface area contributed by atoms with Crippen molar-refractivity contribution in [2.45, 2.75) is 30.6 Å². The second-order valence-electron chi connectivity index (χ2n) is 6.35. The van der Waals surface area contributed by atoms with Crippen molar-refractivity contribution in [1.82, 2.24) is 14.5 Å². The Labute approximate surface area is 162 Å². The van der Waals surface area contributed by atoms with Gasteiger partial charge in [0.05, 0.1) is 17.5 Å². The Morgan fingerprint density at radius 3 is 2.54 bits per heavy atom. The summed E-state index contributed by atoms with van der Waals surface area (Å²) in [4.78, 5) is 8.50. The lowest BCUT2D eigenvalue weighted by molar-refractivity contribution is 0.0179. The van der Waals surface area contributed by atoms with Gasteiger partial charge >= 0.3 is 0 Å². The topological polar surface area (TPSA) is 83.2 Å². The van der Waals surface area contributed by atoms with E-state index in [4.69, 9.17) is 11.6 Å². The Morgan fingerprint density at radius 2 is 1.85 bits per heavy atom. The van der Waals surface area contributed by atoms with E-state index < -0.39 is 12.2 Å². The number of aromatic nitrogens is 3. The summed E-state index contributed by atoms with van der Waals surface area (Å²) >= 11 is 6.04. The number of anilines is 1. The normalized spacial score (nSPS) is 25.2. The number of rotatable bonds is 3. The van der Waals surface area contributed by atoms with E-state index in [1.54, 1.807) is 7.05 Å². The molecule has 3 aromatic rings. The van der Waals surface area contributed by atoms with Gasteiger partial charge in [-0.05, 0) is 29.7 Å². The summed E-state index contributed by atoms with van der Waals surface area (Å²) in [6.45, 7) is 0. The third-order valence-electron chi connectivity index (χ3n) is 5.02. The van der Waals surface area contributed by atoms with E-state index in [1.807, 2.05) is 47.2 Å². The van der Waals surface area contributed by atoms with Crippen LogP contribution in [-0.2, 0) is 0 Å². The predicted octanol–water partition coefficient (Wildman–Crippen LogP) is 3.00. The van der Waals surface area contributed by atoms with Crippen LogP contribution in [0.5, 0.6) is 0 Å². The third-order valence-corrected chi connectivity index (χ3v) is 5.19. The summed E-state index contributed by atoms with van der Waals surface area (Å²) in [7, 11) is 1.77. The molecule has 1 aromatic carbocycles. The maximum Gasteiger partial charge on any atom is 0.226 e. The van der Waals surface area contributed by atoms with Crippen molar-refractivity contribution in [3.63, 3.8) is 0 Å². The highest BCUT2D eigenvalue weighted by Gasteiger charge is 2.43. The first-order chi connectivity index (χ1) is 12.1. The lowest BCUT2D eigenvalue weighted by Crippen LogP contribution is -2.28. The largest absolute Gasteiger partial charge is 0.390 e. The Balaban J connectivity index is 0.00000196. The quantitative estimate of drug-likeness (QED) is 0.594. The summed E-state index contributed by atoms with van der Waals surface area (Å²) in [5.41, 5.74) is 1.67. The highest BCUT2D eigenvalue weighted by atomic mass is 35.5. The molecule has 4 rings (SSSR count). The molecule has 0 saturated heterocycles. The number of fused-ring (bicyclic) bond motifs is 1. The Bertz CT molecular complexity index is 903. The smallest absolute Gasteiger partial charge is 0.226 e. The van der Waals surface area contributed by atoms with Crippen molar-refractivity contribution in [2.24, 2.45) is 0 Å². The van der Waals surface area contributed by atoms with Gasteiger partial charge < -0.3 is 20.1 Å². The van der Waals surface area contributed by atoms with E-state index in [9.17, 15) is 10.2 Å². The van der Waals surface area contributed by atoms with E-state index >= 15 is 0 Å². The molecule has 1 aliphatic rings. The van der Waals surface area contributed by atoms with E-state index in [0.29, 0.717) is 17.9 Å². The lowest BCUT2D eigenvalue weighted by Gasteiger charge is -2.19. The van der Waals surface area contributed by atoms with Gasteiger partial charge in [-0.25, -0.2) is 4.98 Å². The van der Waals surface area contributed by atoms with Gasteiger partial charge in [0, 0.05) is 19.2 Å². The maximum absolute atomic E-state index is 10.7. The molecule has 3 N–H and O–H groups in total. The molecular weight excluding hydrogens is 375 g/mol. The minimum absolute atomic E-state index is 0. The van der Waals surface area contributed by atoms with Crippen LogP contribution in [0.3, 0.4) is 0 Å². The monoisotopic (exact) mass is 394 g/mol. The van der Waals surface area contributed by atoms with E-state index in [1.165, 1.54) is 0 Å². The average molecular weight is 395 g/mol. The van der Waals surface area contributed by atoms with Crippen LogP contribution < -0.4 is 5.32 Å². The zero-order valence-corrected chi connectivity index (χ0v) is 15.7. The molecule has 4 atom stereocenters. The summed E-state index contributed by atoms with van der Waals surface area (Å²) in [6, 6.07) is 11.4. The van der Waals surface area contributed by atoms with E-state index in [0.717, 1.165) is 10.9 Å². The van der Waals surface area contributed by atoms with Crippen LogP contribution in [0.4, 0.5) is 5.82 Å². The van der Waals surface area contributed by atoms with Crippen LogP contribution in [0.25, 0.3) is 11.0 Å². The van der Waals surface area contributed by atoms with Gasteiger partial charge in [-0.15, -0.1) is 12.4 Å². The van der Waals surface area contributed by atoms with Crippen LogP contribution in [-0.4, -0.2) is 44.0 Å². The molecule has 0 spiro atoms. The number of nitrogens with one attached hydrogen (secondary N) is 1. The third kappa shape index (κ3) is 3.03. The van der Waals surface area contributed by atoms with Crippen LogP contribution in [0.2, 0.25) is 5.28 Å². The SMILES string of the molecule is CNc1nc(Cl)nc2c1ccn2[C@@H]1C[C@H](c2ccccc2)[C@@H](O)[C@H]1O.Cl. The van der Waals surface area contributed by atoms with Gasteiger partial charge in [0.15, 0.2) is 0 Å². The van der Waals surface area contributed by atoms with Gasteiger partial charge in [0.25, 0.3) is 0 Å². The number of nitrogens with zero attached hydrogens (tertiary/aromatic N) is 3. The molecule has 6 nitrogen and oxygen atoms in total. The number of halogens is 2. The molecule has 0 bridgehead atoms. The molecule has 0 unspecified atom stereocenters. The minimum atomic E-state index is -0.882. The highest BCUT2D eigenvalue weighted by molar-refractivity contribution is 6.28. The summed E-state index contributed by atoms with van der Waals surface area (Å²) < 4.78 is 1.89. The van der Waals surface area contributed by atoms with Crippen molar-refractivity contribution in [1.29, 1.82) is 0 Å². The van der Waals surface area contributed by atoms with Gasteiger partial charge in [0.2, 0.25) is 5.28 Å². The molecule has 0 aliphatic heterocycles. The molecule has 0 amide bonds. The second-order valence-corrected chi connectivity index (χ2v) is 6.69. The molecule has 1 fully saturated rings. The van der Waals surface area contributed by atoms with Crippen molar-refractivity contribution in [3.8, 4) is 0 Å². The van der Waals surface area contributed by atoms with Gasteiger partial charge in [-0.1, -0.05) is 30.3 Å². The number of hydrogen-bond acceptors (Lipinski definition) is 5. The van der Waals surface area contributed by atoms with Gasteiger partial charge in [-0.3, -0.25) is 0 Å². The molecule has 26 heavy (non-hydrogen) atoms. The van der Waals surface area contributed by atoms with Gasteiger partial charge in [0.1, 0.15) is 17.6 Å². The van der Waals surface area contributed by atoms with E-state index in [-0.39, 0.29) is 29.7 Å². The number of benzene rings is 1. The molecule has 138 valence electrons. The Kier molecular flexibility index (Phi) is 5.39. The van der Waals surface area contributed by atoms with Crippen LogP contribution >= 0.6 is 24.0 Å². The zero-order valence-electron chi connectivity index (χ0n) is 14.1. The van der Waals surface area contributed by atoms with Crippen LogP contribution in [0, 0.1) is 0 Å². The molecule has 0 radical (unpaired) electrons. The molecular formula is C18H20Cl2N4O2. The second kappa shape index (κ2) is 7.40. The van der Waals surface area contributed by atoms with Crippen LogP contribution in [0.1, 0.15) is 23.9 Å². The van der Waals surface area contributed by atoms with E-state index in [2.05, 4.69) is 15.3 Å². The zero-order chi connectivity index (χ0) is 17.6. The highest BCUT2D eigenvalue weighted by Crippen LogP contribution is 2.43. The fraction of sp³-hybridized carbons (Fsp3) is 0.333. The number of aliphatic hydroxyl groups is 2. The van der Waals surface area contributed by atoms with Crippen molar-refractivity contribution >= 4 is 40.9 Å². The lowest BCUT2D eigenvalue weighted by atomic mass is 9.95. The fourth-order valence-electron chi connectivity index (χ4n) is 3.78. The summed E-state index contributed by atoms with van der Waals surface area (Å²) in [6.07, 6.45) is 0.774. The number of aliphatic hydroxyl groups excluding tert-OH is 2. The Hall–Kier alpha value is -1.86. The maximum atomic E-state index is 10.7. The van der Waals surface area contributed by atoms with Crippen molar-refractivity contribution in [2.75, 3.05) is 12.4 Å². The molecule has 1 saturated carbocycles. The Morgan fingerprint density at radius 1 is 1.12 bits per heavy atom. The number of hydrogen-bond donors (Lipinski definition) is 3. The first-order valence-corrected chi connectivity index (χ1v) is 8.61. The minimum Gasteiger partial charge on any atom is -0.390 e. The van der Waals surface area contributed by atoms with Crippen molar-refractivity contribution < 1.29 is 10.2 Å². The molecule has 8 heteroatoms. The first-order valence-electron chi connectivity index (χ1n) is 8.23. The average Bonchev–Trinajstić information content (AvgIpc) is 3.17.